The second-order valence-corrected chi connectivity index (χ2v) is 14.5. The summed E-state index contributed by atoms with van der Waals surface area (Å²) in [6.45, 7) is 0. The molecule has 254 valence electrons. The minimum Gasteiger partial charge on any atom is -0.450 e. The van der Waals surface area contributed by atoms with Crippen LogP contribution in [0.4, 0.5) is 0 Å². The minimum absolute atomic E-state index is 0.650. The van der Waals surface area contributed by atoms with Crippen LogP contribution in [0.3, 0.4) is 0 Å². The summed E-state index contributed by atoms with van der Waals surface area (Å²) < 4.78 is 11.6. The molecule has 0 aliphatic rings. The number of aromatic nitrogens is 4. The van der Waals surface area contributed by atoms with Crippen molar-refractivity contribution in [2.75, 3.05) is 0 Å². The highest BCUT2D eigenvalue weighted by Gasteiger charge is 2.27. The van der Waals surface area contributed by atoms with E-state index in [1.165, 1.54) is 59.8 Å². The van der Waals surface area contributed by atoms with Gasteiger partial charge in [0, 0.05) is 48.7 Å². The smallest absolute Gasteiger partial charge is 0.197 e. The molecule has 0 radical (unpaired) electrons. The van der Waals surface area contributed by atoms with Gasteiger partial charge in [-0.25, -0.2) is 9.97 Å². The lowest BCUT2D eigenvalue weighted by Gasteiger charge is -2.12. The maximum Gasteiger partial charge on any atom is 0.197 e. The van der Waals surface area contributed by atoms with Crippen molar-refractivity contribution in [3.05, 3.63) is 170 Å². The van der Waals surface area contributed by atoms with Gasteiger partial charge in [-0.3, -0.25) is 4.57 Å². The maximum absolute atomic E-state index is 6.80. The molecular formula is C50H28N4O. The van der Waals surface area contributed by atoms with Crippen molar-refractivity contribution in [1.82, 2.24) is 18.9 Å². The third-order valence-electron chi connectivity index (χ3n) is 11.7. The highest BCUT2D eigenvalue weighted by molar-refractivity contribution is 6.37. The van der Waals surface area contributed by atoms with Gasteiger partial charge in [-0.05, 0) is 46.8 Å². The predicted molar refractivity (Wildman–Crippen MR) is 227 cm³/mol. The Morgan fingerprint density at radius 1 is 0.418 bits per heavy atom. The quantitative estimate of drug-likeness (QED) is 0.184. The van der Waals surface area contributed by atoms with Crippen molar-refractivity contribution in [3.63, 3.8) is 0 Å². The number of fused-ring (bicyclic) bond motifs is 15. The first-order valence-corrected chi connectivity index (χ1v) is 18.7. The molecule has 0 atom stereocenters. The van der Waals surface area contributed by atoms with Crippen molar-refractivity contribution < 1.29 is 4.42 Å². The van der Waals surface area contributed by atoms with Crippen LogP contribution in [0.15, 0.2) is 174 Å². The van der Waals surface area contributed by atoms with Gasteiger partial charge < -0.3 is 8.82 Å². The van der Waals surface area contributed by atoms with Crippen LogP contribution in [0, 0.1) is 0 Å². The number of hydrogen-bond acceptors (Lipinski definition) is 3. The van der Waals surface area contributed by atoms with Crippen LogP contribution >= 0.6 is 0 Å². The van der Waals surface area contributed by atoms with Crippen LogP contribution in [0.1, 0.15) is 0 Å². The van der Waals surface area contributed by atoms with Crippen molar-refractivity contribution in [3.8, 4) is 28.3 Å². The number of rotatable bonds is 3. The topological polar surface area (TPSA) is 48.3 Å². The van der Waals surface area contributed by atoms with Gasteiger partial charge in [-0.1, -0.05) is 140 Å². The summed E-state index contributed by atoms with van der Waals surface area (Å²) in [5.74, 6) is 1.37. The normalized spacial score (nSPS) is 12.4. The molecule has 0 amide bonds. The van der Waals surface area contributed by atoms with Gasteiger partial charge in [0.25, 0.3) is 0 Å². The number of para-hydroxylation sites is 3. The van der Waals surface area contributed by atoms with Crippen LogP contribution in [0.25, 0.3) is 121 Å². The molecule has 5 aromatic heterocycles. The van der Waals surface area contributed by atoms with Crippen LogP contribution in [0.5, 0.6) is 0 Å². The summed E-state index contributed by atoms with van der Waals surface area (Å²) in [6, 6.07) is 60.4. The van der Waals surface area contributed by atoms with E-state index >= 15 is 0 Å². The highest BCUT2D eigenvalue weighted by Crippen LogP contribution is 2.48. The fourth-order valence-electron chi connectivity index (χ4n) is 9.29. The molecule has 0 saturated carbocycles. The van der Waals surface area contributed by atoms with E-state index in [-0.39, 0.29) is 0 Å². The largest absolute Gasteiger partial charge is 0.450 e. The molecule has 0 bridgehead atoms. The van der Waals surface area contributed by atoms with Crippen molar-refractivity contribution in [2.45, 2.75) is 0 Å². The van der Waals surface area contributed by atoms with Gasteiger partial charge in [-0.15, -0.1) is 0 Å². The standard InChI is InChI=1S/C50H28N4O/c1-2-12-29(13-3-1)30-22-24-32(25-23-30)49-51-45-36-18-8-11-21-42(36)55-48(45)50(52-49)54-41-28-38-34-16-6-9-19-39(34)53-40-20-10-7-17-35(40)44(47(38)53)43(41)37-27-26-31-14-4-5-15-33(31)46(37)54/h1-28H. The Morgan fingerprint density at radius 3 is 1.91 bits per heavy atom. The first kappa shape index (κ1) is 29.0. The molecule has 5 nitrogen and oxygen atoms in total. The summed E-state index contributed by atoms with van der Waals surface area (Å²) in [7, 11) is 0. The Kier molecular flexibility index (Phi) is 5.57. The molecule has 8 aromatic carbocycles. The maximum atomic E-state index is 6.80. The van der Waals surface area contributed by atoms with Crippen LogP contribution < -0.4 is 0 Å². The lowest BCUT2D eigenvalue weighted by molar-refractivity contribution is 0.662. The van der Waals surface area contributed by atoms with Gasteiger partial charge in [-0.2, -0.15) is 0 Å². The molecule has 0 aliphatic heterocycles. The summed E-state index contributed by atoms with van der Waals surface area (Å²) in [4.78, 5) is 10.8. The molecule has 0 saturated heterocycles. The minimum atomic E-state index is 0.650. The third kappa shape index (κ3) is 3.81. The summed E-state index contributed by atoms with van der Waals surface area (Å²) in [6.07, 6.45) is 0. The number of hydrogen-bond donors (Lipinski definition) is 0. The molecule has 0 spiro atoms. The predicted octanol–water partition coefficient (Wildman–Crippen LogP) is 13.1. The number of nitrogens with zero attached hydrogens (tertiary/aromatic N) is 4. The lowest BCUT2D eigenvalue weighted by Crippen LogP contribution is -2.02. The van der Waals surface area contributed by atoms with Crippen molar-refractivity contribution in [2.24, 2.45) is 0 Å². The Bertz CT molecular complexity index is 3700. The van der Waals surface area contributed by atoms with E-state index in [0.29, 0.717) is 11.4 Å². The molecular weight excluding hydrogens is 673 g/mol. The van der Waals surface area contributed by atoms with E-state index in [2.05, 4.69) is 155 Å². The van der Waals surface area contributed by atoms with Crippen LogP contribution in [-0.2, 0) is 0 Å². The Labute approximate surface area is 313 Å². The Morgan fingerprint density at radius 2 is 1.07 bits per heavy atom. The van der Waals surface area contributed by atoms with Gasteiger partial charge in [0.1, 0.15) is 11.1 Å². The van der Waals surface area contributed by atoms with Gasteiger partial charge in [0.15, 0.2) is 17.2 Å². The Hall–Kier alpha value is -7.50. The fraction of sp³-hybridized carbons (Fsp3) is 0. The first-order valence-electron chi connectivity index (χ1n) is 18.7. The van der Waals surface area contributed by atoms with Crippen molar-refractivity contribution in [1.29, 1.82) is 0 Å². The SMILES string of the molecule is c1ccc(-c2ccc(-c3nc(-n4c5cc6c7ccccc7n7c8ccccc8c(c5c5ccc8ccccc8c54)c67)c4oc5ccccc5c4n3)cc2)cc1. The number of furan rings is 1. The van der Waals surface area contributed by atoms with E-state index < -0.39 is 0 Å². The molecule has 0 aliphatic carbocycles. The Balaban J connectivity index is 1.23. The zero-order chi connectivity index (χ0) is 35.8. The molecule has 0 unspecified atom stereocenters. The first-order chi connectivity index (χ1) is 27.3. The van der Waals surface area contributed by atoms with Gasteiger partial charge in [0.2, 0.25) is 0 Å². The van der Waals surface area contributed by atoms with Crippen LogP contribution in [0.2, 0.25) is 0 Å². The molecule has 55 heavy (non-hydrogen) atoms. The van der Waals surface area contributed by atoms with E-state index in [4.69, 9.17) is 14.4 Å². The molecule has 5 heteroatoms. The zero-order valence-corrected chi connectivity index (χ0v) is 29.4. The molecule has 5 heterocycles. The third-order valence-corrected chi connectivity index (χ3v) is 11.7. The number of benzene rings is 8. The summed E-state index contributed by atoms with van der Waals surface area (Å²) >= 11 is 0. The average molecular weight is 701 g/mol. The van der Waals surface area contributed by atoms with Gasteiger partial charge in [0.05, 0.1) is 27.6 Å². The van der Waals surface area contributed by atoms with E-state index in [1.807, 2.05) is 24.3 Å². The van der Waals surface area contributed by atoms with Crippen molar-refractivity contribution >= 4 is 92.7 Å². The second kappa shape index (κ2) is 10.6. The summed E-state index contributed by atoms with van der Waals surface area (Å²) in [5, 5.41) is 10.6. The van der Waals surface area contributed by atoms with E-state index in [1.54, 1.807) is 0 Å². The molecule has 13 rings (SSSR count). The van der Waals surface area contributed by atoms with Gasteiger partial charge >= 0.3 is 0 Å². The summed E-state index contributed by atoms with van der Waals surface area (Å²) in [5.41, 5.74) is 11.4. The monoisotopic (exact) mass is 700 g/mol. The van der Waals surface area contributed by atoms with E-state index in [0.717, 1.165) is 49.9 Å². The van der Waals surface area contributed by atoms with Crippen LogP contribution in [-0.4, -0.2) is 18.9 Å². The fourth-order valence-corrected chi connectivity index (χ4v) is 9.29. The zero-order valence-electron chi connectivity index (χ0n) is 29.4. The highest BCUT2D eigenvalue weighted by atomic mass is 16.3. The lowest BCUT2D eigenvalue weighted by atomic mass is 10.0. The molecule has 13 aromatic rings. The second-order valence-electron chi connectivity index (χ2n) is 14.5. The van der Waals surface area contributed by atoms with E-state index in [9.17, 15) is 0 Å². The molecule has 0 fully saturated rings. The average Bonchev–Trinajstić information content (AvgIpc) is 3.99. The molecule has 0 N–H and O–H groups in total.